The second kappa shape index (κ2) is 7.90. The first-order chi connectivity index (χ1) is 13.0. The van der Waals surface area contributed by atoms with E-state index in [1.807, 2.05) is 0 Å². The third kappa shape index (κ3) is 4.44. The van der Waals surface area contributed by atoms with E-state index in [-0.39, 0.29) is 30.2 Å². The lowest BCUT2D eigenvalue weighted by Crippen LogP contribution is -2.36. The highest BCUT2D eigenvalue weighted by molar-refractivity contribution is 5.96. The van der Waals surface area contributed by atoms with E-state index in [0.29, 0.717) is 11.3 Å². The van der Waals surface area contributed by atoms with Gasteiger partial charge < -0.3 is 4.74 Å². The maximum Gasteiger partial charge on any atom is 0.244 e. The van der Waals surface area contributed by atoms with Crippen LogP contribution in [0.15, 0.2) is 61.2 Å². The van der Waals surface area contributed by atoms with Crippen LogP contribution < -0.4 is 9.30 Å². The van der Waals surface area contributed by atoms with Gasteiger partial charge in [-0.3, -0.25) is 9.59 Å². The van der Waals surface area contributed by atoms with E-state index < -0.39 is 11.6 Å². The number of ether oxygens (including phenoxy) is 1. The van der Waals surface area contributed by atoms with Crippen LogP contribution in [-0.2, 0) is 13.1 Å². The molecule has 0 saturated heterocycles. The molecule has 7 heteroatoms. The van der Waals surface area contributed by atoms with Crippen molar-refractivity contribution in [3.05, 3.63) is 83.9 Å². The summed E-state index contributed by atoms with van der Waals surface area (Å²) in [6.07, 6.45) is 4.91. The predicted octanol–water partition coefficient (Wildman–Crippen LogP) is 2.83. The lowest BCUT2D eigenvalue weighted by Gasteiger charge is -2.02. The largest absolute Gasteiger partial charge is 0.497 e. The van der Waals surface area contributed by atoms with Crippen molar-refractivity contribution in [2.45, 2.75) is 13.1 Å². The van der Waals surface area contributed by atoms with Crippen molar-refractivity contribution < 1.29 is 27.7 Å². The summed E-state index contributed by atoms with van der Waals surface area (Å²) in [6.45, 7) is 0.0466. The van der Waals surface area contributed by atoms with Crippen LogP contribution >= 0.6 is 0 Å². The van der Waals surface area contributed by atoms with Gasteiger partial charge in [-0.2, -0.15) is 0 Å². The quantitative estimate of drug-likeness (QED) is 0.474. The second-order valence-electron chi connectivity index (χ2n) is 5.97. The molecule has 0 N–H and O–H groups in total. The normalized spacial score (nSPS) is 10.6. The fraction of sp³-hybridized carbons (Fsp3) is 0.150. The van der Waals surface area contributed by atoms with E-state index >= 15 is 0 Å². The van der Waals surface area contributed by atoms with Crippen molar-refractivity contribution in [3.63, 3.8) is 0 Å². The third-order valence-electron chi connectivity index (χ3n) is 4.03. The second-order valence-corrected chi connectivity index (χ2v) is 5.97. The van der Waals surface area contributed by atoms with E-state index in [2.05, 4.69) is 0 Å². The lowest BCUT2D eigenvalue weighted by atomic mass is 10.1. The van der Waals surface area contributed by atoms with Gasteiger partial charge >= 0.3 is 0 Å². The van der Waals surface area contributed by atoms with Crippen molar-refractivity contribution in [3.8, 4) is 5.75 Å². The summed E-state index contributed by atoms with van der Waals surface area (Å²) in [5.41, 5.74) is 0.606. The van der Waals surface area contributed by atoms with Crippen LogP contribution in [0.2, 0.25) is 0 Å². The Hall–Kier alpha value is -3.35. The van der Waals surface area contributed by atoms with Crippen LogP contribution in [-0.4, -0.2) is 23.2 Å². The highest BCUT2D eigenvalue weighted by Gasteiger charge is 2.16. The molecule has 138 valence electrons. The molecule has 3 rings (SSSR count). The Labute approximate surface area is 154 Å². The molecule has 0 spiro atoms. The lowest BCUT2D eigenvalue weighted by molar-refractivity contribution is -0.682. The molecule has 0 bridgehead atoms. The summed E-state index contributed by atoms with van der Waals surface area (Å²) in [6, 6.07) is 9.89. The molecule has 1 heterocycles. The van der Waals surface area contributed by atoms with Gasteiger partial charge in [0.05, 0.1) is 7.11 Å². The van der Waals surface area contributed by atoms with E-state index in [4.69, 9.17) is 4.74 Å². The van der Waals surface area contributed by atoms with Gasteiger partial charge in [-0.1, -0.05) is 12.1 Å². The SMILES string of the molecule is COc1cccc(C(=O)C[n+]2ccn(CC(=O)c3ccc(F)c(F)c3)c2)c1. The van der Waals surface area contributed by atoms with Gasteiger partial charge in [0, 0.05) is 11.1 Å². The fourth-order valence-electron chi connectivity index (χ4n) is 2.61. The molecule has 1 aromatic heterocycles. The number of rotatable bonds is 7. The Kier molecular flexibility index (Phi) is 5.40. The van der Waals surface area contributed by atoms with Crippen molar-refractivity contribution in [2.24, 2.45) is 0 Å². The summed E-state index contributed by atoms with van der Waals surface area (Å²) in [4.78, 5) is 24.6. The summed E-state index contributed by atoms with van der Waals surface area (Å²) in [7, 11) is 1.53. The third-order valence-corrected chi connectivity index (χ3v) is 4.03. The maximum atomic E-state index is 13.3. The van der Waals surface area contributed by atoms with Gasteiger partial charge in [0.15, 0.2) is 24.7 Å². The number of methoxy groups -OCH3 is 1. The van der Waals surface area contributed by atoms with E-state index in [1.165, 1.54) is 13.2 Å². The zero-order chi connectivity index (χ0) is 19.4. The summed E-state index contributed by atoms with van der Waals surface area (Å²) >= 11 is 0. The number of carbonyl (C=O) groups excluding carboxylic acids is 2. The molecule has 0 radical (unpaired) electrons. The zero-order valence-electron chi connectivity index (χ0n) is 14.6. The number of carbonyl (C=O) groups is 2. The maximum absolute atomic E-state index is 13.3. The van der Waals surface area contributed by atoms with Crippen molar-refractivity contribution in [1.82, 2.24) is 4.57 Å². The van der Waals surface area contributed by atoms with Crippen LogP contribution in [0.4, 0.5) is 8.78 Å². The highest BCUT2D eigenvalue weighted by atomic mass is 19.2. The summed E-state index contributed by atoms with van der Waals surface area (Å²) < 4.78 is 34.5. The molecular weight excluding hydrogens is 354 g/mol. The Morgan fingerprint density at radius 2 is 1.81 bits per heavy atom. The zero-order valence-corrected chi connectivity index (χ0v) is 14.6. The molecular formula is C20H17F2N2O3+. The summed E-state index contributed by atoms with van der Waals surface area (Å²) in [5.74, 6) is -1.94. The smallest absolute Gasteiger partial charge is 0.244 e. The monoisotopic (exact) mass is 371 g/mol. The molecule has 0 fully saturated rings. The van der Waals surface area contributed by atoms with Gasteiger partial charge in [-0.05, 0) is 30.3 Å². The van der Waals surface area contributed by atoms with Crippen molar-refractivity contribution in [2.75, 3.05) is 7.11 Å². The van der Waals surface area contributed by atoms with Gasteiger partial charge in [-0.15, -0.1) is 0 Å². The van der Waals surface area contributed by atoms with Gasteiger partial charge in [0.2, 0.25) is 17.9 Å². The number of aromatic nitrogens is 2. The standard InChI is InChI=1S/C20H17F2N2O3/c1-27-16-4-2-3-14(9-16)19(25)11-23-7-8-24(13-23)12-20(26)15-5-6-17(21)18(22)10-15/h2-10,13H,11-12H2,1H3/q+1. The van der Waals surface area contributed by atoms with Crippen LogP contribution in [0.5, 0.6) is 5.75 Å². The number of hydrogen-bond donors (Lipinski definition) is 0. The van der Waals surface area contributed by atoms with Gasteiger partial charge in [0.1, 0.15) is 18.1 Å². The molecule has 0 aliphatic carbocycles. The highest BCUT2D eigenvalue weighted by Crippen LogP contribution is 2.13. The molecule has 3 aromatic rings. The Bertz CT molecular complexity index is 998. The number of nitrogens with zero attached hydrogens (tertiary/aromatic N) is 2. The first-order valence-corrected chi connectivity index (χ1v) is 8.16. The van der Waals surface area contributed by atoms with E-state index in [1.54, 1.807) is 52.1 Å². The Morgan fingerprint density at radius 1 is 1.04 bits per heavy atom. The minimum atomic E-state index is -1.06. The molecule has 0 aliphatic heterocycles. The molecule has 0 atom stereocenters. The summed E-state index contributed by atoms with van der Waals surface area (Å²) in [5, 5.41) is 0. The minimum Gasteiger partial charge on any atom is -0.497 e. The van der Waals surface area contributed by atoms with Gasteiger partial charge in [0.25, 0.3) is 0 Å². The van der Waals surface area contributed by atoms with Crippen molar-refractivity contribution >= 4 is 11.6 Å². The van der Waals surface area contributed by atoms with Crippen molar-refractivity contribution in [1.29, 1.82) is 0 Å². The average Bonchev–Trinajstić information content (AvgIpc) is 3.10. The molecule has 2 aromatic carbocycles. The Balaban J connectivity index is 1.66. The number of imidazole rings is 1. The number of hydrogen-bond acceptors (Lipinski definition) is 3. The molecule has 0 aliphatic rings. The van der Waals surface area contributed by atoms with Crippen LogP contribution in [0.3, 0.4) is 0 Å². The fourth-order valence-corrected chi connectivity index (χ4v) is 2.61. The number of Topliss-reactive ketones (excluding diaryl/α,β-unsaturated/α-hetero) is 2. The first-order valence-electron chi connectivity index (χ1n) is 8.16. The van der Waals surface area contributed by atoms with Crippen LogP contribution in [0.1, 0.15) is 20.7 Å². The molecule has 0 unspecified atom stereocenters. The minimum absolute atomic E-state index is 0.0502. The number of benzene rings is 2. The molecule has 0 saturated carbocycles. The molecule has 0 amide bonds. The molecule has 27 heavy (non-hydrogen) atoms. The van der Waals surface area contributed by atoms with Gasteiger partial charge in [-0.25, -0.2) is 17.9 Å². The molecule has 5 nitrogen and oxygen atoms in total. The average molecular weight is 371 g/mol. The number of halogens is 2. The number of ketones is 2. The van der Waals surface area contributed by atoms with Crippen LogP contribution in [0.25, 0.3) is 0 Å². The first kappa shape index (κ1) is 18.4. The predicted molar refractivity (Wildman–Crippen MR) is 92.6 cm³/mol. The topological polar surface area (TPSA) is 52.2 Å². The Morgan fingerprint density at radius 3 is 2.56 bits per heavy atom. The van der Waals surface area contributed by atoms with E-state index in [9.17, 15) is 18.4 Å². The van der Waals surface area contributed by atoms with E-state index in [0.717, 1.165) is 12.1 Å². The van der Waals surface area contributed by atoms with Crippen LogP contribution in [0, 0.1) is 11.6 Å².